The molecule has 0 aromatic heterocycles. The number of amides is 1. The molecule has 0 spiro atoms. The number of carbonyl (C=O) groups is 4. The van der Waals surface area contributed by atoms with E-state index in [9.17, 15) is 44.7 Å². The van der Waals surface area contributed by atoms with Crippen LogP contribution in [0, 0.1) is 105 Å². The second kappa shape index (κ2) is 16.4. The molecule has 4 aliphatic rings. The molecule has 49 heavy (non-hydrogen) atoms. The first kappa shape index (κ1) is 44.9. The summed E-state index contributed by atoms with van der Waals surface area (Å²) < 4.78 is 22.0. The van der Waals surface area contributed by atoms with Crippen molar-refractivity contribution in [3.8, 4) is 0 Å². The molecule has 4 rings (SSSR count). The smallest absolute Gasteiger partial charge is 0.408 e. The zero-order valence-corrected chi connectivity index (χ0v) is 38.5. The Morgan fingerprint density at radius 2 is 1.71 bits per heavy atom. The van der Waals surface area contributed by atoms with Gasteiger partial charge in [0.2, 0.25) is 0 Å². The fraction of sp³-hybridized carbons (Fsp3) is 0.697. The summed E-state index contributed by atoms with van der Waals surface area (Å²) in [7, 11) is 0. The molecular weight excluding hydrogens is 1070 g/mol. The van der Waals surface area contributed by atoms with E-state index in [1.165, 1.54) is 39.8 Å². The Bertz CT molecular complexity index is 1400. The predicted molar refractivity (Wildman–Crippen MR) is 163 cm³/mol. The number of allylic oxidation sites excluding steroid dienone is 1. The summed E-state index contributed by atoms with van der Waals surface area (Å²) >= 11 is 0. The maximum Gasteiger partial charge on any atom is 0.408 e. The molecule has 1 saturated heterocycles. The molecule has 2 bridgehead atoms. The van der Waals surface area contributed by atoms with Crippen LogP contribution in [-0.4, -0.2) is 116 Å². The van der Waals surface area contributed by atoms with Gasteiger partial charge < -0.3 is 49.8 Å². The van der Waals surface area contributed by atoms with Gasteiger partial charge in [-0.25, -0.2) is 9.59 Å². The van der Waals surface area contributed by atoms with Gasteiger partial charge in [0.1, 0.15) is 36.1 Å². The molecule has 0 aromatic carbocycles. The van der Waals surface area contributed by atoms with Gasteiger partial charge in [0.15, 0.2) is 11.9 Å². The van der Waals surface area contributed by atoms with E-state index in [2.05, 4.69) is 11.9 Å². The number of aliphatic hydroxyl groups is 5. The number of carbonyl (C=O) groups excluding carboxylic acids is 4. The summed E-state index contributed by atoms with van der Waals surface area (Å²) in [5, 5.41) is 61.3. The summed E-state index contributed by atoms with van der Waals surface area (Å²) in [6, 6.07) is -1.29. The third-order valence-corrected chi connectivity index (χ3v) is 10.6. The SMILES string of the molecule is C=CCOC(=O)N[C@@H](C=C(C)C)[C@@H](O)C(=O)OC1C[C@@]2(O)[C@@H](OC(C)=O)[C@@H]3[C@]4(O)CO[C@@H]4C[C@H](O)[C@@]3(C)C(=O)[C@H](O)C(=C1C)C2(C)C.[Ac].[Ac]. The van der Waals surface area contributed by atoms with E-state index in [1.54, 1.807) is 13.8 Å². The average Bonchev–Trinajstić information content (AvgIpc) is 2.97. The molecule has 3 aliphatic carbocycles. The summed E-state index contributed by atoms with van der Waals surface area (Å²) in [4.78, 5) is 52.7. The Morgan fingerprint density at radius 1 is 1.10 bits per heavy atom. The van der Waals surface area contributed by atoms with Gasteiger partial charge in [0.05, 0.1) is 30.3 Å². The van der Waals surface area contributed by atoms with Gasteiger partial charge in [0, 0.05) is 119 Å². The Hall–Kier alpha value is -0.257. The van der Waals surface area contributed by atoms with Gasteiger partial charge in [0.25, 0.3) is 0 Å². The average molecular weight is 1120 g/mol. The van der Waals surface area contributed by atoms with Gasteiger partial charge in [-0.2, -0.15) is 0 Å². The van der Waals surface area contributed by atoms with E-state index in [0.717, 1.165) is 6.92 Å². The van der Waals surface area contributed by atoms with Crippen molar-refractivity contribution in [1.29, 1.82) is 0 Å². The number of hydrogen-bond donors (Lipinski definition) is 6. The number of aliphatic hydroxyl groups excluding tert-OH is 3. The Kier molecular flexibility index (Phi) is 15.0. The van der Waals surface area contributed by atoms with Crippen LogP contribution < -0.4 is 5.32 Å². The third kappa shape index (κ3) is 7.72. The summed E-state index contributed by atoms with van der Waals surface area (Å²) in [5.74, 6) is -4.41. The van der Waals surface area contributed by atoms with Crippen molar-refractivity contribution in [3.63, 3.8) is 0 Å². The first-order valence-corrected chi connectivity index (χ1v) is 15.6. The van der Waals surface area contributed by atoms with Gasteiger partial charge in [-0.05, 0) is 38.8 Å². The topological polar surface area (TPSA) is 218 Å². The second-order valence-corrected chi connectivity index (χ2v) is 14.1. The van der Waals surface area contributed by atoms with Crippen LogP contribution in [0.3, 0.4) is 0 Å². The van der Waals surface area contributed by atoms with Crippen LogP contribution in [0.15, 0.2) is 35.5 Å². The molecule has 16 heteroatoms. The number of ether oxygens (including phenoxy) is 4. The quantitative estimate of drug-likeness (QED) is 0.110. The normalized spacial score (nSPS) is 36.9. The van der Waals surface area contributed by atoms with E-state index in [0.29, 0.717) is 5.57 Å². The monoisotopic (exact) mass is 1120 g/mol. The molecule has 2 radical (unpaired) electrons. The van der Waals surface area contributed by atoms with Crippen LogP contribution in [-0.2, 0) is 33.3 Å². The first-order chi connectivity index (χ1) is 21.7. The number of esters is 2. The Labute approximate surface area is 357 Å². The van der Waals surface area contributed by atoms with Crippen molar-refractivity contribution in [1.82, 2.24) is 5.32 Å². The standard InChI is InChI=1S/C33H47NO13.2Ac/c1-9-10-44-29(41)34-18(11-15(2)3)23(37)28(40)47-19-13-33(43)27(46-17(5)35)25-31(8,20(36)12-21-32(25,42)14-45-21)26(39)24(38)22(16(19)4)30(33,6)7;;/h9,11,18-21,23-25,27,36-38,42-43H,1,10,12-14H2,2-8H3,(H,34,41);;/t18-,19?,20-,21+,23+,24+,25-,27-,31+,32-,33+;;/m0../s1. The Balaban J connectivity index is 0.00000417. The molecule has 3 fully saturated rings. The van der Waals surface area contributed by atoms with Crippen molar-refractivity contribution in [2.75, 3.05) is 13.2 Å². The minimum absolute atomic E-state index is 0. The molecule has 0 aromatic rings. The van der Waals surface area contributed by atoms with Crippen molar-refractivity contribution in [2.45, 2.75) is 115 Å². The van der Waals surface area contributed by atoms with Crippen molar-refractivity contribution in [2.24, 2.45) is 16.7 Å². The summed E-state index contributed by atoms with van der Waals surface area (Å²) in [6.45, 7) is 13.4. The van der Waals surface area contributed by atoms with Crippen LogP contribution in [0.4, 0.5) is 4.79 Å². The van der Waals surface area contributed by atoms with Crippen molar-refractivity contribution < 1.29 is 152 Å². The number of hydrogen-bond acceptors (Lipinski definition) is 13. The third-order valence-electron chi connectivity index (χ3n) is 10.6. The molecule has 2 saturated carbocycles. The van der Waals surface area contributed by atoms with Crippen LogP contribution in [0.2, 0.25) is 0 Å². The molecule has 268 valence electrons. The van der Waals surface area contributed by atoms with Crippen LogP contribution in [0.25, 0.3) is 0 Å². The van der Waals surface area contributed by atoms with E-state index in [-0.39, 0.29) is 119 Å². The molecule has 6 N–H and O–H groups in total. The second-order valence-electron chi connectivity index (χ2n) is 14.1. The van der Waals surface area contributed by atoms with Crippen LogP contribution in [0.5, 0.6) is 0 Å². The number of nitrogens with one attached hydrogen (secondary N) is 1. The van der Waals surface area contributed by atoms with E-state index < -0.39 is 101 Å². The fourth-order valence-electron chi connectivity index (χ4n) is 8.04. The van der Waals surface area contributed by atoms with E-state index in [1.807, 2.05) is 0 Å². The van der Waals surface area contributed by atoms with Crippen molar-refractivity contribution >= 4 is 23.8 Å². The first-order valence-electron chi connectivity index (χ1n) is 15.6. The van der Waals surface area contributed by atoms with Crippen LogP contribution in [0.1, 0.15) is 61.3 Å². The molecule has 11 atom stereocenters. The summed E-state index contributed by atoms with van der Waals surface area (Å²) in [6.07, 6.45) is -8.15. The van der Waals surface area contributed by atoms with Gasteiger partial charge in [-0.1, -0.05) is 38.2 Å². The molecule has 1 amide bonds. The molecule has 14 nitrogen and oxygen atoms in total. The number of fused-ring (bicyclic) bond motifs is 5. The molecule has 1 unspecified atom stereocenters. The fourth-order valence-corrected chi connectivity index (χ4v) is 8.04. The maximum atomic E-state index is 14.3. The molecular formula is C33H47Ac2NO13. The van der Waals surface area contributed by atoms with Crippen molar-refractivity contribution in [3.05, 3.63) is 35.5 Å². The predicted octanol–water partition coefficient (Wildman–Crippen LogP) is 0.376. The Morgan fingerprint density at radius 3 is 2.22 bits per heavy atom. The van der Waals surface area contributed by atoms with Gasteiger partial charge in [-0.15, -0.1) is 0 Å². The zero-order chi connectivity index (χ0) is 35.4. The van der Waals surface area contributed by atoms with Gasteiger partial charge >= 0.3 is 18.0 Å². The largest absolute Gasteiger partial charge is 0.459 e. The maximum absolute atomic E-state index is 14.3. The minimum atomic E-state index is -2.23. The zero-order valence-electron chi connectivity index (χ0n) is 29.0. The number of alkyl carbamates (subject to hydrolysis) is 1. The molecule has 1 heterocycles. The van der Waals surface area contributed by atoms with E-state index >= 15 is 0 Å². The molecule has 1 aliphatic heterocycles. The van der Waals surface area contributed by atoms with Crippen LogP contribution >= 0.6 is 0 Å². The number of ketones is 1. The minimum Gasteiger partial charge on any atom is -0.459 e. The number of Topliss-reactive ketones (excluding diaryl/α,β-unsaturated/α-hetero) is 1. The van der Waals surface area contributed by atoms with Gasteiger partial charge in [-0.3, -0.25) is 9.59 Å². The number of rotatable bonds is 8. The summed E-state index contributed by atoms with van der Waals surface area (Å²) in [5.41, 5.74) is -6.71. The van der Waals surface area contributed by atoms with E-state index in [4.69, 9.17) is 18.9 Å².